The SMILES string of the molecule is CCc1ccc(OC)c(CCCCCO)c1. The molecule has 0 radical (unpaired) electrons. The Balaban J connectivity index is 2.60. The largest absolute Gasteiger partial charge is 0.496 e. The van der Waals surface area contributed by atoms with E-state index in [1.54, 1.807) is 7.11 Å². The lowest BCUT2D eigenvalue weighted by Crippen LogP contribution is -1.95. The van der Waals surface area contributed by atoms with Crippen molar-refractivity contribution in [3.8, 4) is 5.75 Å². The molecule has 1 rings (SSSR count). The number of hydrogen-bond donors (Lipinski definition) is 1. The van der Waals surface area contributed by atoms with Crippen molar-refractivity contribution in [3.63, 3.8) is 0 Å². The Labute approximate surface area is 98.3 Å². The van der Waals surface area contributed by atoms with Crippen molar-refractivity contribution in [3.05, 3.63) is 29.3 Å². The van der Waals surface area contributed by atoms with Crippen LogP contribution >= 0.6 is 0 Å². The smallest absolute Gasteiger partial charge is 0.122 e. The lowest BCUT2D eigenvalue weighted by molar-refractivity contribution is 0.283. The topological polar surface area (TPSA) is 29.5 Å². The first-order valence-corrected chi connectivity index (χ1v) is 6.08. The predicted molar refractivity (Wildman–Crippen MR) is 67.0 cm³/mol. The van der Waals surface area contributed by atoms with Gasteiger partial charge >= 0.3 is 0 Å². The third-order valence-electron chi connectivity index (χ3n) is 2.86. The third kappa shape index (κ3) is 3.86. The van der Waals surface area contributed by atoms with Crippen molar-refractivity contribution in [2.45, 2.75) is 39.0 Å². The summed E-state index contributed by atoms with van der Waals surface area (Å²) < 4.78 is 5.35. The fourth-order valence-corrected chi connectivity index (χ4v) is 1.85. The van der Waals surface area contributed by atoms with Crippen molar-refractivity contribution in [2.75, 3.05) is 13.7 Å². The van der Waals surface area contributed by atoms with Crippen LogP contribution in [0.2, 0.25) is 0 Å². The first kappa shape index (κ1) is 13.0. The zero-order chi connectivity index (χ0) is 11.8. The molecule has 0 aliphatic rings. The molecule has 0 amide bonds. The van der Waals surface area contributed by atoms with E-state index in [0.717, 1.165) is 37.9 Å². The molecule has 0 aromatic heterocycles. The fourth-order valence-electron chi connectivity index (χ4n) is 1.85. The van der Waals surface area contributed by atoms with Gasteiger partial charge in [0.05, 0.1) is 7.11 Å². The van der Waals surface area contributed by atoms with E-state index in [2.05, 4.69) is 25.1 Å². The Kier molecular flexibility index (Phi) is 5.94. The molecule has 0 saturated carbocycles. The van der Waals surface area contributed by atoms with E-state index in [1.807, 2.05) is 0 Å². The highest BCUT2D eigenvalue weighted by Gasteiger charge is 2.03. The van der Waals surface area contributed by atoms with E-state index in [1.165, 1.54) is 11.1 Å². The highest BCUT2D eigenvalue weighted by Crippen LogP contribution is 2.22. The minimum atomic E-state index is 0.298. The summed E-state index contributed by atoms with van der Waals surface area (Å²) in [4.78, 5) is 0. The van der Waals surface area contributed by atoms with Gasteiger partial charge in [-0.3, -0.25) is 0 Å². The average molecular weight is 222 g/mol. The zero-order valence-electron chi connectivity index (χ0n) is 10.3. The maximum Gasteiger partial charge on any atom is 0.122 e. The number of hydrogen-bond acceptors (Lipinski definition) is 2. The van der Waals surface area contributed by atoms with Crippen molar-refractivity contribution in [2.24, 2.45) is 0 Å². The molecule has 1 aromatic rings. The fraction of sp³-hybridized carbons (Fsp3) is 0.571. The molecule has 16 heavy (non-hydrogen) atoms. The Morgan fingerprint density at radius 1 is 1.19 bits per heavy atom. The molecule has 0 spiro atoms. The van der Waals surface area contributed by atoms with Crippen LogP contribution in [0.15, 0.2) is 18.2 Å². The second-order valence-corrected chi connectivity index (χ2v) is 4.03. The molecule has 0 aliphatic heterocycles. The van der Waals surface area contributed by atoms with Gasteiger partial charge in [-0.25, -0.2) is 0 Å². The number of methoxy groups -OCH3 is 1. The minimum Gasteiger partial charge on any atom is -0.496 e. The van der Waals surface area contributed by atoms with Gasteiger partial charge in [0.2, 0.25) is 0 Å². The third-order valence-corrected chi connectivity index (χ3v) is 2.86. The van der Waals surface area contributed by atoms with Crippen molar-refractivity contribution < 1.29 is 9.84 Å². The molecule has 90 valence electrons. The molecule has 2 heteroatoms. The van der Waals surface area contributed by atoms with E-state index in [4.69, 9.17) is 9.84 Å². The second-order valence-electron chi connectivity index (χ2n) is 4.03. The van der Waals surface area contributed by atoms with Gasteiger partial charge in [-0.05, 0) is 42.9 Å². The second kappa shape index (κ2) is 7.29. The number of rotatable bonds is 7. The van der Waals surface area contributed by atoms with Crippen LogP contribution in [0, 0.1) is 0 Å². The summed E-state index contributed by atoms with van der Waals surface area (Å²) in [5.74, 6) is 0.987. The van der Waals surface area contributed by atoms with Crippen LogP contribution in [-0.4, -0.2) is 18.8 Å². The molecule has 0 atom stereocenters. The van der Waals surface area contributed by atoms with Crippen molar-refractivity contribution in [1.29, 1.82) is 0 Å². The Morgan fingerprint density at radius 3 is 2.62 bits per heavy atom. The number of unbranched alkanes of at least 4 members (excludes halogenated alkanes) is 2. The molecule has 1 N–H and O–H groups in total. The van der Waals surface area contributed by atoms with Gasteiger partial charge in [-0.2, -0.15) is 0 Å². The molecule has 0 saturated heterocycles. The quantitative estimate of drug-likeness (QED) is 0.719. The highest BCUT2D eigenvalue weighted by atomic mass is 16.5. The van der Waals surface area contributed by atoms with Gasteiger partial charge in [0.1, 0.15) is 5.75 Å². The van der Waals surface area contributed by atoms with Crippen LogP contribution in [-0.2, 0) is 12.8 Å². The van der Waals surface area contributed by atoms with Gasteiger partial charge in [-0.15, -0.1) is 0 Å². The average Bonchev–Trinajstić information content (AvgIpc) is 2.34. The number of benzene rings is 1. The minimum absolute atomic E-state index is 0.298. The molecule has 1 aromatic carbocycles. The molecular weight excluding hydrogens is 200 g/mol. The van der Waals surface area contributed by atoms with E-state index in [0.29, 0.717) is 6.61 Å². The molecule has 0 fully saturated rings. The van der Waals surface area contributed by atoms with Crippen LogP contribution < -0.4 is 4.74 Å². The van der Waals surface area contributed by atoms with E-state index in [-0.39, 0.29) is 0 Å². The summed E-state index contributed by atoms with van der Waals surface area (Å²) in [5, 5.41) is 8.72. The standard InChI is InChI=1S/C14H22O2/c1-3-12-8-9-14(16-2)13(11-12)7-5-4-6-10-15/h8-9,11,15H,3-7,10H2,1-2H3. The van der Waals surface area contributed by atoms with Crippen molar-refractivity contribution in [1.82, 2.24) is 0 Å². The number of aliphatic hydroxyl groups excluding tert-OH is 1. The summed E-state index contributed by atoms with van der Waals surface area (Å²) in [6.07, 6.45) is 5.19. The van der Waals surface area contributed by atoms with E-state index in [9.17, 15) is 0 Å². The summed E-state index contributed by atoms with van der Waals surface area (Å²) in [7, 11) is 1.72. The zero-order valence-corrected chi connectivity index (χ0v) is 10.3. The predicted octanol–water partition coefficient (Wildman–Crippen LogP) is 2.96. The highest BCUT2D eigenvalue weighted by molar-refractivity contribution is 5.37. The molecule has 2 nitrogen and oxygen atoms in total. The van der Waals surface area contributed by atoms with Gasteiger partial charge in [0.25, 0.3) is 0 Å². The molecule has 0 heterocycles. The van der Waals surface area contributed by atoms with E-state index < -0.39 is 0 Å². The normalized spacial score (nSPS) is 10.4. The van der Waals surface area contributed by atoms with E-state index >= 15 is 0 Å². The first-order chi connectivity index (χ1) is 7.81. The summed E-state index contributed by atoms with van der Waals surface area (Å²) in [6.45, 7) is 2.46. The number of aliphatic hydroxyl groups is 1. The maximum atomic E-state index is 8.72. The van der Waals surface area contributed by atoms with Crippen molar-refractivity contribution >= 4 is 0 Å². The van der Waals surface area contributed by atoms with Gasteiger partial charge < -0.3 is 9.84 Å². The van der Waals surface area contributed by atoms with Gasteiger partial charge in [0.15, 0.2) is 0 Å². The molecule has 0 bridgehead atoms. The van der Waals surface area contributed by atoms with Gasteiger partial charge in [0, 0.05) is 6.61 Å². The number of ether oxygens (including phenoxy) is 1. The van der Waals surface area contributed by atoms with Gasteiger partial charge in [-0.1, -0.05) is 25.5 Å². The lowest BCUT2D eigenvalue weighted by Gasteiger charge is -2.10. The van der Waals surface area contributed by atoms with Crippen LogP contribution in [0.1, 0.15) is 37.3 Å². The Bertz CT molecular complexity index is 308. The van der Waals surface area contributed by atoms with Crippen LogP contribution in [0.3, 0.4) is 0 Å². The first-order valence-electron chi connectivity index (χ1n) is 6.08. The van der Waals surface area contributed by atoms with Crippen LogP contribution in [0.4, 0.5) is 0 Å². The van der Waals surface area contributed by atoms with Crippen LogP contribution in [0.5, 0.6) is 5.75 Å². The summed E-state index contributed by atoms with van der Waals surface area (Å²) in [5.41, 5.74) is 2.65. The molecule has 0 aliphatic carbocycles. The monoisotopic (exact) mass is 222 g/mol. The summed E-state index contributed by atoms with van der Waals surface area (Å²) >= 11 is 0. The lowest BCUT2D eigenvalue weighted by atomic mass is 10.0. The maximum absolute atomic E-state index is 8.72. The van der Waals surface area contributed by atoms with Crippen LogP contribution in [0.25, 0.3) is 0 Å². The Morgan fingerprint density at radius 2 is 2.00 bits per heavy atom. The Hall–Kier alpha value is -1.02. The summed E-state index contributed by atoms with van der Waals surface area (Å²) in [6, 6.07) is 6.41. The molecule has 0 unspecified atom stereocenters. The molecular formula is C14H22O2. The number of aryl methyl sites for hydroxylation is 2.